The summed E-state index contributed by atoms with van der Waals surface area (Å²) in [6, 6.07) is 13.6. The molecular formula is C15H13BrN2O3. The number of nitro benzene ring substituents is 1. The first-order valence-electron chi connectivity index (χ1n) is 6.29. The Hall–Kier alpha value is -2.21. The monoisotopic (exact) mass is 348 g/mol. The maximum absolute atomic E-state index is 12.2. The standard InChI is InChI=1S/C15H13BrN2O3/c1-10(11-5-3-2-4-6-11)17-15(19)12-7-8-13(16)14(9-12)18(20)21/h2-10H,1H3,(H,17,19). The predicted octanol–water partition coefficient (Wildman–Crippen LogP) is 3.85. The van der Waals surface area contributed by atoms with Crippen LogP contribution in [0.4, 0.5) is 5.69 Å². The van der Waals surface area contributed by atoms with E-state index in [4.69, 9.17) is 0 Å². The molecule has 5 nitrogen and oxygen atoms in total. The van der Waals surface area contributed by atoms with Gasteiger partial charge in [0.25, 0.3) is 11.6 Å². The van der Waals surface area contributed by atoms with Crippen LogP contribution in [0.5, 0.6) is 0 Å². The van der Waals surface area contributed by atoms with Crippen LogP contribution in [0.2, 0.25) is 0 Å². The summed E-state index contributed by atoms with van der Waals surface area (Å²) in [6.07, 6.45) is 0. The van der Waals surface area contributed by atoms with E-state index in [9.17, 15) is 14.9 Å². The molecule has 0 spiro atoms. The molecule has 0 aliphatic rings. The molecule has 6 heteroatoms. The number of nitro groups is 1. The number of halogens is 1. The summed E-state index contributed by atoms with van der Waals surface area (Å²) in [5.74, 6) is -0.345. The van der Waals surface area contributed by atoms with E-state index in [2.05, 4.69) is 21.2 Å². The lowest BCUT2D eigenvalue weighted by atomic mass is 10.1. The van der Waals surface area contributed by atoms with Gasteiger partial charge in [0.05, 0.1) is 15.4 Å². The molecule has 0 saturated carbocycles. The van der Waals surface area contributed by atoms with Gasteiger partial charge in [-0.2, -0.15) is 0 Å². The van der Waals surface area contributed by atoms with Gasteiger partial charge in [-0.05, 0) is 40.5 Å². The average Bonchev–Trinajstić information content (AvgIpc) is 2.48. The molecule has 108 valence electrons. The minimum absolute atomic E-state index is 0.130. The van der Waals surface area contributed by atoms with Crippen molar-refractivity contribution in [3.63, 3.8) is 0 Å². The molecular weight excluding hydrogens is 336 g/mol. The number of benzene rings is 2. The average molecular weight is 349 g/mol. The Kier molecular flexibility index (Phi) is 4.70. The van der Waals surface area contributed by atoms with Gasteiger partial charge in [-0.25, -0.2) is 0 Å². The van der Waals surface area contributed by atoms with Gasteiger partial charge in [0.2, 0.25) is 0 Å². The van der Waals surface area contributed by atoms with Crippen LogP contribution in [-0.4, -0.2) is 10.8 Å². The number of carbonyl (C=O) groups is 1. The van der Waals surface area contributed by atoms with Crippen molar-refractivity contribution in [1.29, 1.82) is 0 Å². The van der Waals surface area contributed by atoms with Crippen LogP contribution in [0.1, 0.15) is 28.9 Å². The second kappa shape index (κ2) is 6.49. The zero-order valence-corrected chi connectivity index (χ0v) is 12.8. The molecule has 0 heterocycles. The fraction of sp³-hybridized carbons (Fsp3) is 0.133. The molecule has 1 amide bonds. The number of carbonyl (C=O) groups excluding carboxylic acids is 1. The highest BCUT2D eigenvalue weighted by molar-refractivity contribution is 9.10. The van der Waals surface area contributed by atoms with Crippen molar-refractivity contribution in [3.05, 3.63) is 74.2 Å². The Balaban J connectivity index is 2.17. The Labute approximate surface area is 130 Å². The normalized spacial score (nSPS) is 11.7. The molecule has 0 aromatic heterocycles. The van der Waals surface area contributed by atoms with Crippen molar-refractivity contribution in [2.24, 2.45) is 0 Å². The summed E-state index contributed by atoms with van der Waals surface area (Å²) >= 11 is 3.09. The van der Waals surface area contributed by atoms with Gasteiger partial charge >= 0.3 is 0 Å². The lowest BCUT2D eigenvalue weighted by Crippen LogP contribution is -2.26. The highest BCUT2D eigenvalue weighted by Crippen LogP contribution is 2.25. The quantitative estimate of drug-likeness (QED) is 0.673. The van der Waals surface area contributed by atoms with Gasteiger partial charge in [0, 0.05) is 11.6 Å². The van der Waals surface area contributed by atoms with Crippen molar-refractivity contribution in [1.82, 2.24) is 5.32 Å². The summed E-state index contributed by atoms with van der Waals surface area (Å²) in [5, 5.41) is 13.7. The highest BCUT2D eigenvalue weighted by atomic mass is 79.9. The van der Waals surface area contributed by atoms with Crippen LogP contribution in [0, 0.1) is 10.1 Å². The van der Waals surface area contributed by atoms with Gasteiger partial charge < -0.3 is 5.32 Å². The van der Waals surface area contributed by atoms with Gasteiger partial charge in [0.15, 0.2) is 0 Å². The fourth-order valence-electron chi connectivity index (χ4n) is 1.90. The molecule has 1 N–H and O–H groups in total. The van der Waals surface area contributed by atoms with E-state index in [-0.39, 0.29) is 23.2 Å². The molecule has 0 bridgehead atoms. The van der Waals surface area contributed by atoms with Crippen molar-refractivity contribution in [3.8, 4) is 0 Å². The van der Waals surface area contributed by atoms with Crippen LogP contribution >= 0.6 is 15.9 Å². The molecule has 0 radical (unpaired) electrons. The molecule has 2 aromatic carbocycles. The third-order valence-electron chi connectivity index (χ3n) is 3.05. The predicted molar refractivity (Wildman–Crippen MR) is 83.1 cm³/mol. The zero-order chi connectivity index (χ0) is 15.4. The Morgan fingerprint density at radius 2 is 1.90 bits per heavy atom. The number of amides is 1. The Morgan fingerprint density at radius 3 is 2.52 bits per heavy atom. The first-order chi connectivity index (χ1) is 9.99. The van der Waals surface area contributed by atoms with Crippen LogP contribution in [0.3, 0.4) is 0 Å². The number of hydrogen-bond donors (Lipinski definition) is 1. The largest absolute Gasteiger partial charge is 0.346 e. The number of hydrogen-bond acceptors (Lipinski definition) is 3. The fourth-order valence-corrected chi connectivity index (χ4v) is 2.29. The van der Waals surface area contributed by atoms with E-state index in [1.54, 1.807) is 6.07 Å². The van der Waals surface area contributed by atoms with Gasteiger partial charge in [0.1, 0.15) is 0 Å². The highest BCUT2D eigenvalue weighted by Gasteiger charge is 2.17. The van der Waals surface area contributed by atoms with Gasteiger partial charge in [-0.3, -0.25) is 14.9 Å². The molecule has 2 aromatic rings. The number of nitrogens with one attached hydrogen (secondary N) is 1. The van der Waals surface area contributed by atoms with Crippen LogP contribution in [0.15, 0.2) is 53.0 Å². The van der Waals surface area contributed by atoms with Crippen LogP contribution < -0.4 is 5.32 Å². The van der Waals surface area contributed by atoms with E-state index in [0.717, 1.165) is 5.56 Å². The molecule has 0 aliphatic carbocycles. The van der Waals surface area contributed by atoms with Crippen molar-refractivity contribution in [2.45, 2.75) is 13.0 Å². The lowest BCUT2D eigenvalue weighted by molar-refractivity contribution is -0.385. The summed E-state index contributed by atoms with van der Waals surface area (Å²) in [7, 11) is 0. The van der Waals surface area contributed by atoms with Crippen LogP contribution in [-0.2, 0) is 0 Å². The Bertz CT molecular complexity index is 674. The topological polar surface area (TPSA) is 72.2 Å². The molecule has 2 rings (SSSR count). The molecule has 1 atom stereocenters. The van der Waals surface area contributed by atoms with Gasteiger partial charge in [-0.15, -0.1) is 0 Å². The smallest absolute Gasteiger partial charge is 0.284 e. The maximum atomic E-state index is 12.2. The van der Waals surface area contributed by atoms with E-state index in [0.29, 0.717) is 4.47 Å². The summed E-state index contributed by atoms with van der Waals surface area (Å²) in [4.78, 5) is 22.5. The second-order valence-electron chi connectivity index (χ2n) is 4.53. The van der Waals surface area contributed by atoms with Crippen LogP contribution in [0.25, 0.3) is 0 Å². The second-order valence-corrected chi connectivity index (χ2v) is 5.38. The van der Waals surface area contributed by atoms with E-state index in [1.807, 2.05) is 37.3 Å². The summed E-state index contributed by atoms with van der Waals surface area (Å²) in [6.45, 7) is 1.86. The lowest BCUT2D eigenvalue weighted by Gasteiger charge is -2.14. The van der Waals surface area contributed by atoms with E-state index >= 15 is 0 Å². The third kappa shape index (κ3) is 3.66. The van der Waals surface area contributed by atoms with Crippen molar-refractivity contribution < 1.29 is 9.72 Å². The Morgan fingerprint density at radius 1 is 1.24 bits per heavy atom. The first-order valence-corrected chi connectivity index (χ1v) is 7.08. The molecule has 0 aliphatic heterocycles. The third-order valence-corrected chi connectivity index (χ3v) is 3.72. The van der Waals surface area contributed by atoms with Gasteiger partial charge in [-0.1, -0.05) is 30.3 Å². The molecule has 0 saturated heterocycles. The number of rotatable bonds is 4. The molecule has 1 unspecified atom stereocenters. The van der Waals surface area contributed by atoms with Crippen molar-refractivity contribution >= 4 is 27.5 Å². The minimum Gasteiger partial charge on any atom is -0.346 e. The maximum Gasteiger partial charge on any atom is 0.284 e. The molecule has 21 heavy (non-hydrogen) atoms. The van der Waals surface area contributed by atoms with E-state index < -0.39 is 4.92 Å². The minimum atomic E-state index is -0.526. The summed E-state index contributed by atoms with van der Waals surface area (Å²) in [5.41, 5.74) is 1.10. The van der Waals surface area contributed by atoms with Crippen molar-refractivity contribution in [2.75, 3.05) is 0 Å². The zero-order valence-electron chi connectivity index (χ0n) is 11.2. The molecule has 0 fully saturated rings. The van der Waals surface area contributed by atoms with E-state index in [1.165, 1.54) is 12.1 Å². The first kappa shape index (κ1) is 15.2. The SMILES string of the molecule is CC(NC(=O)c1ccc(Br)c([N+](=O)[O-])c1)c1ccccc1. The number of nitrogens with zero attached hydrogens (tertiary/aromatic N) is 1. The summed E-state index contributed by atoms with van der Waals surface area (Å²) < 4.78 is 0.347.